The van der Waals surface area contributed by atoms with E-state index < -0.39 is 18.1 Å². The normalized spacial score (nSPS) is 21.0. The predicted molar refractivity (Wildman–Crippen MR) is 139 cm³/mol. The number of carbonyl (C=O) groups excluding carboxylic acids is 2. The third kappa shape index (κ3) is 11.1. The number of piperidine rings is 1. The van der Waals surface area contributed by atoms with Crippen molar-refractivity contribution in [3.05, 3.63) is 35.3 Å². The Labute approximate surface area is 210 Å². The van der Waals surface area contributed by atoms with Crippen molar-refractivity contribution >= 4 is 12.3 Å². The number of likely N-dealkylation sites (tertiary alicyclic amines) is 1. The first-order valence-electron chi connectivity index (χ1n) is 12.4. The van der Waals surface area contributed by atoms with Crippen LogP contribution < -0.4 is 5.32 Å². The van der Waals surface area contributed by atoms with Gasteiger partial charge in [-0.15, -0.1) is 6.42 Å². The molecular formula is C27H44FN3O4. The Hall–Kier alpha value is -2.63. The number of halogens is 1. The fourth-order valence-electron chi connectivity index (χ4n) is 3.83. The van der Waals surface area contributed by atoms with E-state index in [1.807, 2.05) is 20.8 Å². The third-order valence-corrected chi connectivity index (χ3v) is 5.89. The summed E-state index contributed by atoms with van der Waals surface area (Å²) in [6.07, 6.45) is 11.2. The van der Waals surface area contributed by atoms with E-state index in [4.69, 9.17) is 16.6 Å². The molecule has 0 bridgehead atoms. The Kier molecular flexibility index (Phi) is 16.4. The molecule has 1 fully saturated rings. The lowest BCUT2D eigenvalue weighted by Crippen LogP contribution is -2.42. The molecule has 0 saturated carbocycles. The molecule has 1 aliphatic heterocycles. The molecule has 0 aromatic rings. The lowest BCUT2D eigenvalue weighted by Gasteiger charge is -2.39. The summed E-state index contributed by atoms with van der Waals surface area (Å²) >= 11 is 0. The van der Waals surface area contributed by atoms with Crippen LogP contribution in [0, 0.1) is 24.2 Å². The zero-order chi connectivity index (χ0) is 27.0. The number of aliphatic hydroxyl groups is 2. The van der Waals surface area contributed by atoms with Crippen LogP contribution in [0.25, 0.3) is 0 Å². The SMILES string of the molecule is C#CC1=CCC(F)=CC=C1N1CCC(CNC=O)[C@H](C)C1.CC.CCCN(C)C(=O)[C@H](O)[C@H](C)O. The Balaban J connectivity index is 0.000000707. The first kappa shape index (κ1) is 32.4. The summed E-state index contributed by atoms with van der Waals surface area (Å²) in [6, 6.07) is 0. The molecule has 1 heterocycles. The summed E-state index contributed by atoms with van der Waals surface area (Å²) in [6.45, 7) is 12.6. The van der Waals surface area contributed by atoms with Crippen LogP contribution in [-0.2, 0) is 9.59 Å². The molecule has 0 radical (unpaired) electrons. The summed E-state index contributed by atoms with van der Waals surface area (Å²) < 4.78 is 13.4. The highest BCUT2D eigenvalue weighted by Crippen LogP contribution is 2.29. The first-order chi connectivity index (χ1) is 16.7. The molecule has 198 valence electrons. The van der Waals surface area contributed by atoms with Gasteiger partial charge in [0.15, 0.2) is 6.10 Å². The van der Waals surface area contributed by atoms with E-state index in [0.29, 0.717) is 24.9 Å². The fourth-order valence-corrected chi connectivity index (χ4v) is 3.83. The predicted octanol–water partition coefficient (Wildman–Crippen LogP) is 3.01. The summed E-state index contributed by atoms with van der Waals surface area (Å²) in [5.41, 5.74) is 1.69. The lowest BCUT2D eigenvalue weighted by molar-refractivity contribution is -0.144. The van der Waals surface area contributed by atoms with E-state index in [-0.39, 0.29) is 12.2 Å². The van der Waals surface area contributed by atoms with Gasteiger partial charge in [-0.05, 0) is 43.8 Å². The number of carbonyl (C=O) groups is 2. The average Bonchev–Trinajstić information content (AvgIpc) is 3.05. The average molecular weight is 494 g/mol. The van der Waals surface area contributed by atoms with Crippen molar-refractivity contribution < 1.29 is 24.2 Å². The van der Waals surface area contributed by atoms with Gasteiger partial charge in [0, 0.05) is 45.2 Å². The highest BCUT2D eigenvalue weighted by atomic mass is 19.1. The topological polar surface area (TPSA) is 93.1 Å². The van der Waals surface area contributed by atoms with E-state index in [2.05, 4.69) is 23.1 Å². The highest BCUT2D eigenvalue weighted by Gasteiger charge is 2.28. The number of nitrogens with one attached hydrogen (secondary N) is 1. The molecule has 0 spiro atoms. The molecule has 7 nitrogen and oxygen atoms in total. The number of likely N-dealkylation sites (N-methyl/N-ethyl adjacent to an activating group) is 1. The van der Waals surface area contributed by atoms with Crippen molar-refractivity contribution in [2.45, 2.75) is 66.1 Å². The second kappa shape index (κ2) is 17.8. The second-order valence-corrected chi connectivity index (χ2v) is 8.58. The van der Waals surface area contributed by atoms with Gasteiger partial charge in [-0.1, -0.05) is 39.7 Å². The van der Waals surface area contributed by atoms with Crippen LogP contribution in [-0.4, -0.2) is 77.8 Å². The van der Waals surface area contributed by atoms with Crippen molar-refractivity contribution in [3.63, 3.8) is 0 Å². The van der Waals surface area contributed by atoms with E-state index >= 15 is 0 Å². The molecule has 2 aliphatic rings. The minimum absolute atomic E-state index is 0.170. The van der Waals surface area contributed by atoms with Crippen LogP contribution >= 0.6 is 0 Å². The largest absolute Gasteiger partial charge is 0.390 e. The van der Waals surface area contributed by atoms with E-state index in [1.165, 1.54) is 17.9 Å². The zero-order valence-corrected chi connectivity index (χ0v) is 22.1. The molecule has 1 saturated heterocycles. The molecule has 35 heavy (non-hydrogen) atoms. The molecule has 2 amide bonds. The van der Waals surface area contributed by atoms with Crippen LogP contribution in [0.2, 0.25) is 0 Å². The maximum atomic E-state index is 13.4. The number of nitrogens with zero attached hydrogens (tertiary/aromatic N) is 2. The van der Waals surface area contributed by atoms with Gasteiger partial charge in [0.2, 0.25) is 6.41 Å². The molecule has 0 aromatic carbocycles. The first-order valence-corrected chi connectivity index (χ1v) is 12.4. The van der Waals surface area contributed by atoms with E-state index in [0.717, 1.165) is 43.6 Å². The number of terminal acetylenes is 1. The molecule has 3 N–H and O–H groups in total. The molecule has 8 heteroatoms. The molecule has 1 unspecified atom stereocenters. The fraction of sp³-hybridized carbons (Fsp3) is 0.630. The highest BCUT2D eigenvalue weighted by molar-refractivity contribution is 5.80. The van der Waals surface area contributed by atoms with Crippen molar-refractivity contribution in [1.29, 1.82) is 0 Å². The molecule has 0 aromatic heterocycles. The Morgan fingerprint density at radius 2 is 2.06 bits per heavy atom. The minimum Gasteiger partial charge on any atom is -0.390 e. The monoisotopic (exact) mass is 493 g/mol. The Morgan fingerprint density at radius 1 is 1.40 bits per heavy atom. The molecular weight excluding hydrogens is 449 g/mol. The quantitative estimate of drug-likeness (QED) is 0.357. The maximum Gasteiger partial charge on any atom is 0.253 e. The standard InChI is InChI=1S/C17H21FN2O.C8H17NO3.C2H6/c1-3-14-4-5-16(18)6-7-17(14)20-9-8-15(10-19-12-21)13(2)11-20;1-4-5-9(3)8(12)7(11)6(2)10;1-2/h1,4,6-7,12-13,15H,5,8-11H2,2H3,(H,19,21);6-7,10-11H,4-5H2,1-3H3;1-2H3/t13-,15?;6-,7+;/m10./s1. The minimum atomic E-state index is -1.29. The third-order valence-electron chi connectivity index (χ3n) is 5.89. The van der Waals surface area contributed by atoms with Gasteiger partial charge in [-0.2, -0.15) is 0 Å². The van der Waals surface area contributed by atoms with Crippen molar-refractivity contribution in [2.75, 3.05) is 33.2 Å². The van der Waals surface area contributed by atoms with Crippen LogP contribution in [0.5, 0.6) is 0 Å². The van der Waals surface area contributed by atoms with Crippen molar-refractivity contribution in [3.8, 4) is 12.3 Å². The molecule has 4 atom stereocenters. The van der Waals surface area contributed by atoms with Gasteiger partial charge < -0.3 is 25.3 Å². The van der Waals surface area contributed by atoms with Gasteiger partial charge in [-0.3, -0.25) is 9.59 Å². The van der Waals surface area contributed by atoms with Gasteiger partial charge in [0.1, 0.15) is 5.83 Å². The zero-order valence-electron chi connectivity index (χ0n) is 22.1. The number of hydrogen-bond acceptors (Lipinski definition) is 5. The van der Waals surface area contributed by atoms with Gasteiger partial charge in [0.25, 0.3) is 5.91 Å². The lowest BCUT2D eigenvalue weighted by atomic mass is 9.86. The van der Waals surface area contributed by atoms with E-state index in [1.54, 1.807) is 19.2 Å². The van der Waals surface area contributed by atoms with Gasteiger partial charge >= 0.3 is 0 Å². The van der Waals surface area contributed by atoms with Crippen LogP contribution in [0.15, 0.2) is 35.3 Å². The van der Waals surface area contributed by atoms with Crippen molar-refractivity contribution in [2.24, 2.45) is 11.8 Å². The summed E-state index contributed by atoms with van der Waals surface area (Å²) in [5.74, 6) is 2.99. The smallest absolute Gasteiger partial charge is 0.253 e. The number of rotatable bonds is 8. The van der Waals surface area contributed by atoms with Gasteiger partial charge in [0.05, 0.1) is 11.8 Å². The number of aliphatic hydroxyl groups excluding tert-OH is 2. The van der Waals surface area contributed by atoms with Crippen LogP contribution in [0.1, 0.15) is 53.9 Å². The summed E-state index contributed by atoms with van der Waals surface area (Å²) in [7, 11) is 1.61. The summed E-state index contributed by atoms with van der Waals surface area (Å²) in [4.78, 5) is 25.2. The second-order valence-electron chi connectivity index (χ2n) is 8.58. The van der Waals surface area contributed by atoms with E-state index in [9.17, 15) is 14.0 Å². The van der Waals surface area contributed by atoms with Crippen molar-refractivity contribution in [1.82, 2.24) is 15.1 Å². The number of amides is 2. The van der Waals surface area contributed by atoms with Gasteiger partial charge in [-0.25, -0.2) is 4.39 Å². The summed E-state index contributed by atoms with van der Waals surface area (Å²) in [5, 5.41) is 20.8. The molecule has 1 aliphatic carbocycles. The Bertz CT molecular complexity index is 786. The van der Waals surface area contributed by atoms with Crippen LogP contribution in [0.3, 0.4) is 0 Å². The van der Waals surface area contributed by atoms with Crippen LogP contribution in [0.4, 0.5) is 4.39 Å². The number of hydrogen-bond donors (Lipinski definition) is 3. The number of allylic oxidation sites excluding steroid dienone is 5. The molecule has 2 rings (SSSR count). The Morgan fingerprint density at radius 3 is 2.57 bits per heavy atom. The maximum absolute atomic E-state index is 13.4.